The Balaban J connectivity index is 2.16. The highest BCUT2D eigenvalue weighted by molar-refractivity contribution is 5.94. The summed E-state index contributed by atoms with van der Waals surface area (Å²) in [5.41, 5.74) is 1.44. The fraction of sp³-hybridized carbons (Fsp3) is 0.500. The van der Waals surface area contributed by atoms with Gasteiger partial charge in [0.2, 0.25) is 0 Å². The van der Waals surface area contributed by atoms with Crippen LogP contribution < -0.4 is 11.3 Å². The number of nitrogens with zero attached hydrogens (tertiary/aromatic N) is 1. The van der Waals surface area contributed by atoms with Crippen LogP contribution in [0, 0.1) is 17.6 Å². The second-order valence-electron chi connectivity index (χ2n) is 5.23. The maximum Gasteiger partial charge on any atom is 0.254 e. The van der Waals surface area contributed by atoms with Crippen LogP contribution in [0.25, 0.3) is 0 Å². The Hall–Kier alpha value is -1.73. The molecular formula is C14H19F2N3O2. The molecule has 1 saturated heterocycles. The molecule has 4 N–H and O–H groups in total. The predicted octanol–water partition coefficient (Wildman–Crippen LogP) is 1.49. The first kappa shape index (κ1) is 15.7. The molecule has 0 aromatic heterocycles. The molecule has 1 aromatic carbocycles. The van der Waals surface area contributed by atoms with E-state index in [0.29, 0.717) is 19.5 Å². The van der Waals surface area contributed by atoms with Gasteiger partial charge in [-0.15, -0.1) is 0 Å². The first-order valence-corrected chi connectivity index (χ1v) is 6.92. The van der Waals surface area contributed by atoms with Crippen molar-refractivity contribution in [3.05, 3.63) is 29.3 Å². The van der Waals surface area contributed by atoms with Gasteiger partial charge in [0, 0.05) is 25.3 Å². The number of carbonyl (C=O) groups excluding carboxylic acids is 1. The van der Waals surface area contributed by atoms with Gasteiger partial charge in [0.15, 0.2) is 11.6 Å². The summed E-state index contributed by atoms with van der Waals surface area (Å²) in [7, 11) is 0. The average Bonchev–Trinajstić information content (AvgIpc) is 2.47. The lowest BCUT2D eigenvalue weighted by molar-refractivity contribution is 0.0652. The van der Waals surface area contributed by atoms with Crippen LogP contribution in [0.3, 0.4) is 0 Å². The van der Waals surface area contributed by atoms with Gasteiger partial charge in [-0.3, -0.25) is 10.6 Å². The SMILES string of the molecule is NNc1c(F)cc(C(=O)N2CCCC(CCO)C2)cc1F. The normalized spacial score (nSPS) is 18.7. The zero-order valence-corrected chi connectivity index (χ0v) is 11.6. The van der Waals surface area contributed by atoms with Crippen LogP contribution in [-0.2, 0) is 0 Å². The highest BCUT2D eigenvalue weighted by Gasteiger charge is 2.25. The molecule has 1 fully saturated rings. The Morgan fingerprint density at radius 2 is 2.10 bits per heavy atom. The Labute approximate surface area is 121 Å². The molecule has 0 radical (unpaired) electrons. The monoisotopic (exact) mass is 299 g/mol. The van der Waals surface area contributed by atoms with E-state index in [2.05, 4.69) is 0 Å². The van der Waals surface area contributed by atoms with Crippen LogP contribution >= 0.6 is 0 Å². The van der Waals surface area contributed by atoms with Crippen molar-refractivity contribution in [2.75, 3.05) is 25.1 Å². The third-order valence-corrected chi connectivity index (χ3v) is 3.78. The van der Waals surface area contributed by atoms with Gasteiger partial charge in [-0.2, -0.15) is 0 Å². The molecule has 2 rings (SSSR count). The summed E-state index contributed by atoms with van der Waals surface area (Å²) in [5, 5.41) is 8.97. The number of aliphatic hydroxyl groups excluding tert-OH is 1. The molecule has 0 saturated carbocycles. The summed E-state index contributed by atoms with van der Waals surface area (Å²) in [5.74, 6) is 3.05. The third-order valence-electron chi connectivity index (χ3n) is 3.78. The second kappa shape index (κ2) is 6.82. The van der Waals surface area contributed by atoms with Crippen LogP contribution in [-0.4, -0.2) is 35.6 Å². The molecule has 0 aliphatic carbocycles. The van der Waals surface area contributed by atoms with Gasteiger partial charge < -0.3 is 15.4 Å². The fourth-order valence-corrected chi connectivity index (χ4v) is 2.68. The van der Waals surface area contributed by atoms with Crippen molar-refractivity contribution in [3.8, 4) is 0 Å². The molecule has 1 unspecified atom stereocenters. The van der Waals surface area contributed by atoms with Crippen molar-refractivity contribution in [1.29, 1.82) is 0 Å². The molecule has 7 heteroatoms. The van der Waals surface area contributed by atoms with E-state index in [1.165, 1.54) is 0 Å². The minimum Gasteiger partial charge on any atom is -0.396 e. The molecule has 0 bridgehead atoms. The van der Waals surface area contributed by atoms with Crippen LogP contribution in [0.1, 0.15) is 29.6 Å². The maximum atomic E-state index is 13.6. The van der Waals surface area contributed by atoms with Gasteiger partial charge in [-0.25, -0.2) is 8.78 Å². The molecule has 1 atom stereocenters. The minimum absolute atomic E-state index is 0.0337. The number of rotatable bonds is 4. The van der Waals surface area contributed by atoms with E-state index in [1.807, 2.05) is 5.43 Å². The van der Waals surface area contributed by atoms with Gasteiger partial charge in [-0.05, 0) is 37.3 Å². The van der Waals surface area contributed by atoms with Gasteiger partial charge in [0.05, 0.1) is 0 Å². The van der Waals surface area contributed by atoms with Crippen LogP contribution in [0.4, 0.5) is 14.5 Å². The lowest BCUT2D eigenvalue weighted by Crippen LogP contribution is -2.40. The number of nitrogens with two attached hydrogens (primary N) is 1. The van der Waals surface area contributed by atoms with E-state index in [-0.39, 0.29) is 18.1 Å². The number of benzene rings is 1. The van der Waals surface area contributed by atoms with E-state index >= 15 is 0 Å². The number of hydrogen-bond donors (Lipinski definition) is 3. The van der Waals surface area contributed by atoms with Crippen LogP contribution in [0.5, 0.6) is 0 Å². The van der Waals surface area contributed by atoms with Gasteiger partial charge >= 0.3 is 0 Å². The number of amides is 1. The van der Waals surface area contributed by atoms with E-state index in [0.717, 1.165) is 25.0 Å². The molecule has 1 aromatic rings. The molecule has 1 aliphatic rings. The number of hydrogen-bond acceptors (Lipinski definition) is 4. The predicted molar refractivity (Wildman–Crippen MR) is 74.5 cm³/mol. The van der Waals surface area contributed by atoms with Gasteiger partial charge in [-0.1, -0.05) is 0 Å². The molecule has 116 valence electrons. The van der Waals surface area contributed by atoms with Crippen molar-refractivity contribution < 1.29 is 18.7 Å². The quantitative estimate of drug-likeness (QED) is 0.581. The first-order valence-electron chi connectivity index (χ1n) is 6.92. The van der Waals surface area contributed by atoms with Gasteiger partial charge in [0.1, 0.15) is 5.69 Å². The average molecular weight is 299 g/mol. The Morgan fingerprint density at radius 1 is 1.43 bits per heavy atom. The van der Waals surface area contributed by atoms with E-state index in [4.69, 9.17) is 10.9 Å². The summed E-state index contributed by atoms with van der Waals surface area (Å²) < 4.78 is 27.3. The van der Waals surface area contributed by atoms with Crippen LogP contribution in [0.2, 0.25) is 0 Å². The lowest BCUT2D eigenvalue weighted by atomic mass is 9.94. The number of anilines is 1. The molecule has 21 heavy (non-hydrogen) atoms. The second-order valence-corrected chi connectivity index (χ2v) is 5.23. The molecule has 1 amide bonds. The summed E-state index contributed by atoms with van der Waals surface area (Å²) in [6.07, 6.45) is 2.40. The van der Waals surface area contributed by atoms with Crippen LogP contribution in [0.15, 0.2) is 12.1 Å². The summed E-state index contributed by atoms with van der Waals surface area (Å²) >= 11 is 0. The topological polar surface area (TPSA) is 78.6 Å². The number of nitrogens with one attached hydrogen (secondary N) is 1. The minimum atomic E-state index is -0.898. The Kier molecular flexibility index (Phi) is 5.08. The zero-order chi connectivity index (χ0) is 15.4. The summed E-state index contributed by atoms with van der Waals surface area (Å²) in [6, 6.07) is 1.96. The highest BCUT2D eigenvalue weighted by Crippen LogP contribution is 2.24. The Bertz CT molecular complexity index is 500. The number of halogens is 2. The lowest BCUT2D eigenvalue weighted by Gasteiger charge is -2.32. The van der Waals surface area contributed by atoms with Crippen molar-refractivity contribution >= 4 is 11.6 Å². The van der Waals surface area contributed by atoms with Crippen molar-refractivity contribution in [1.82, 2.24) is 4.90 Å². The van der Waals surface area contributed by atoms with Crippen molar-refractivity contribution in [3.63, 3.8) is 0 Å². The first-order chi connectivity index (χ1) is 10.1. The van der Waals surface area contributed by atoms with Gasteiger partial charge in [0.25, 0.3) is 5.91 Å². The molecule has 5 nitrogen and oxygen atoms in total. The zero-order valence-electron chi connectivity index (χ0n) is 11.6. The molecule has 0 spiro atoms. The van der Waals surface area contributed by atoms with E-state index < -0.39 is 23.2 Å². The number of carbonyl (C=O) groups is 1. The number of hydrazine groups is 1. The number of likely N-dealkylation sites (tertiary alicyclic amines) is 1. The molecule has 1 aliphatic heterocycles. The number of nitrogen functional groups attached to an aromatic ring is 1. The smallest absolute Gasteiger partial charge is 0.254 e. The van der Waals surface area contributed by atoms with E-state index in [9.17, 15) is 13.6 Å². The standard InChI is InChI=1S/C14H19F2N3O2/c15-11-6-10(7-12(16)13(11)18-17)14(21)19-4-1-2-9(8-19)3-5-20/h6-7,9,18,20H,1-5,8,17H2. The highest BCUT2D eigenvalue weighted by atomic mass is 19.1. The molecular weight excluding hydrogens is 280 g/mol. The number of aliphatic hydroxyl groups is 1. The van der Waals surface area contributed by atoms with Crippen molar-refractivity contribution in [2.24, 2.45) is 11.8 Å². The van der Waals surface area contributed by atoms with E-state index in [1.54, 1.807) is 4.90 Å². The Morgan fingerprint density at radius 3 is 2.67 bits per heavy atom. The molecule has 1 heterocycles. The fourth-order valence-electron chi connectivity index (χ4n) is 2.68. The largest absolute Gasteiger partial charge is 0.396 e. The number of piperidine rings is 1. The summed E-state index contributed by atoms with van der Waals surface area (Å²) in [6.45, 7) is 1.13. The van der Waals surface area contributed by atoms with Crippen molar-refractivity contribution in [2.45, 2.75) is 19.3 Å². The summed E-state index contributed by atoms with van der Waals surface area (Å²) in [4.78, 5) is 13.9. The third kappa shape index (κ3) is 3.48. The maximum absolute atomic E-state index is 13.6.